The quantitative estimate of drug-likeness (QED) is 0.540. The van der Waals surface area contributed by atoms with E-state index in [1.165, 1.54) is 13.8 Å². The van der Waals surface area contributed by atoms with E-state index in [-0.39, 0.29) is 13.0 Å². The van der Waals surface area contributed by atoms with Gasteiger partial charge < -0.3 is 15.2 Å². The molecule has 0 atom stereocenters. The van der Waals surface area contributed by atoms with E-state index in [9.17, 15) is 9.59 Å². The SMILES string of the molecule is C=C(C)OC(=O)CCOC(=O)C(C)(C)N. The summed E-state index contributed by atoms with van der Waals surface area (Å²) in [5.74, 6) is -0.721. The predicted octanol–water partition coefficient (Wildman–Crippen LogP) is 0.734. The molecular formula is C10H17NO4. The molecule has 2 N–H and O–H groups in total. The van der Waals surface area contributed by atoms with Gasteiger partial charge in [0.15, 0.2) is 0 Å². The van der Waals surface area contributed by atoms with E-state index in [0.29, 0.717) is 5.76 Å². The van der Waals surface area contributed by atoms with Crippen molar-refractivity contribution in [3.8, 4) is 0 Å². The van der Waals surface area contributed by atoms with Crippen LogP contribution in [0, 0.1) is 0 Å². The Morgan fingerprint density at radius 1 is 1.40 bits per heavy atom. The molecule has 0 rings (SSSR count). The maximum absolute atomic E-state index is 11.2. The van der Waals surface area contributed by atoms with Gasteiger partial charge in [-0.3, -0.25) is 9.59 Å². The van der Waals surface area contributed by atoms with E-state index in [1.54, 1.807) is 6.92 Å². The number of hydrogen-bond acceptors (Lipinski definition) is 5. The molecule has 0 aromatic carbocycles. The summed E-state index contributed by atoms with van der Waals surface area (Å²) in [7, 11) is 0. The lowest BCUT2D eigenvalue weighted by atomic mass is 10.1. The molecule has 0 spiro atoms. The average molecular weight is 215 g/mol. The summed E-state index contributed by atoms with van der Waals surface area (Å²) >= 11 is 0. The van der Waals surface area contributed by atoms with Gasteiger partial charge in [0.05, 0.1) is 12.2 Å². The summed E-state index contributed by atoms with van der Waals surface area (Å²) in [6.07, 6.45) is -0.00528. The molecule has 0 heterocycles. The smallest absolute Gasteiger partial charge is 0.325 e. The molecule has 0 aliphatic rings. The molecule has 86 valence electrons. The van der Waals surface area contributed by atoms with E-state index >= 15 is 0 Å². The topological polar surface area (TPSA) is 78.6 Å². The van der Waals surface area contributed by atoms with Crippen LogP contribution in [0.3, 0.4) is 0 Å². The molecule has 5 nitrogen and oxygen atoms in total. The largest absolute Gasteiger partial charge is 0.464 e. The van der Waals surface area contributed by atoms with Crippen molar-refractivity contribution in [3.05, 3.63) is 12.3 Å². The van der Waals surface area contributed by atoms with Crippen molar-refractivity contribution in [1.82, 2.24) is 0 Å². The minimum absolute atomic E-state index is 0.00528. The number of carbonyl (C=O) groups is 2. The van der Waals surface area contributed by atoms with Crippen molar-refractivity contribution in [3.63, 3.8) is 0 Å². The van der Waals surface area contributed by atoms with Gasteiger partial charge in [-0.15, -0.1) is 0 Å². The molecular weight excluding hydrogens is 198 g/mol. The Morgan fingerprint density at radius 3 is 2.33 bits per heavy atom. The third-order valence-electron chi connectivity index (χ3n) is 1.35. The second-order valence-corrected chi connectivity index (χ2v) is 3.78. The maximum Gasteiger partial charge on any atom is 0.325 e. The molecule has 0 fully saturated rings. The van der Waals surface area contributed by atoms with Gasteiger partial charge in [-0.05, 0) is 20.8 Å². The predicted molar refractivity (Wildman–Crippen MR) is 54.7 cm³/mol. The van der Waals surface area contributed by atoms with Gasteiger partial charge in [-0.25, -0.2) is 0 Å². The number of allylic oxidation sites excluding steroid dienone is 1. The van der Waals surface area contributed by atoms with Crippen LogP contribution in [0.25, 0.3) is 0 Å². The molecule has 0 unspecified atom stereocenters. The van der Waals surface area contributed by atoms with Crippen LogP contribution < -0.4 is 5.73 Å². The van der Waals surface area contributed by atoms with Gasteiger partial charge >= 0.3 is 11.9 Å². The van der Waals surface area contributed by atoms with Crippen LogP contribution in [0.15, 0.2) is 12.3 Å². The molecule has 0 aliphatic heterocycles. The van der Waals surface area contributed by atoms with Gasteiger partial charge in [-0.1, -0.05) is 6.58 Å². The van der Waals surface area contributed by atoms with Crippen molar-refractivity contribution < 1.29 is 19.1 Å². The summed E-state index contributed by atoms with van der Waals surface area (Å²) in [6, 6.07) is 0. The Bertz CT molecular complexity index is 265. The number of rotatable bonds is 5. The van der Waals surface area contributed by atoms with Gasteiger partial charge in [-0.2, -0.15) is 0 Å². The van der Waals surface area contributed by atoms with Gasteiger partial charge in [0.2, 0.25) is 0 Å². The first kappa shape index (κ1) is 13.6. The molecule has 0 bridgehead atoms. The van der Waals surface area contributed by atoms with Crippen LogP contribution in [0.2, 0.25) is 0 Å². The van der Waals surface area contributed by atoms with Crippen molar-refractivity contribution in [2.24, 2.45) is 5.73 Å². The normalized spacial score (nSPS) is 10.7. The number of hydrogen-bond donors (Lipinski definition) is 1. The third kappa shape index (κ3) is 6.68. The Balaban J connectivity index is 3.76. The number of esters is 2. The Morgan fingerprint density at radius 2 is 1.93 bits per heavy atom. The first-order valence-electron chi connectivity index (χ1n) is 4.56. The minimum Gasteiger partial charge on any atom is -0.464 e. The fourth-order valence-electron chi connectivity index (χ4n) is 0.658. The van der Waals surface area contributed by atoms with E-state index in [2.05, 4.69) is 11.3 Å². The lowest BCUT2D eigenvalue weighted by Crippen LogP contribution is -2.43. The lowest BCUT2D eigenvalue weighted by molar-refractivity contribution is -0.151. The molecule has 0 aliphatic carbocycles. The second-order valence-electron chi connectivity index (χ2n) is 3.78. The third-order valence-corrected chi connectivity index (χ3v) is 1.35. The number of nitrogens with two attached hydrogens (primary N) is 1. The molecule has 0 amide bonds. The zero-order valence-electron chi connectivity index (χ0n) is 9.33. The zero-order valence-corrected chi connectivity index (χ0v) is 9.33. The highest BCUT2D eigenvalue weighted by Crippen LogP contribution is 2.01. The van der Waals surface area contributed by atoms with Crippen molar-refractivity contribution in [2.75, 3.05) is 6.61 Å². The van der Waals surface area contributed by atoms with Crippen LogP contribution >= 0.6 is 0 Å². The molecule has 0 saturated heterocycles. The van der Waals surface area contributed by atoms with Crippen LogP contribution in [-0.4, -0.2) is 24.1 Å². The Kier molecular flexibility index (Phi) is 5.00. The first-order chi connectivity index (χ1) is 6.73. The summed E-state index contributed by atoms with van der Waals surface area (Å²) < 4.78 is 9.43. The average Bonchev–Trinajstić information content (AvgIpc) is 2.00. The van der Waals surface area contributed by atoms with Gasteiger partial charge in [0.25, 0.3) is 0 Å². The summed E-state index contributed by atoms with van der Waals surface area (Å²) in [5.41, 5.74) is 4.43. The van der Waals surface area contributed by atoms with Crippen molar-refractivity contribution >= 4 is 11.9 Å². The highest BCUT2D eigenvalue weighted by molar-refractivity contribution is 5.79. The highest BCUT2D eigenvalue weighted by Gasteiger charge is 2.23. The Labute approximate surface area is 89.2 Å². The van der Waals surface area contributed by atoms with Crippen molar-refractivity contribution in [1.29, 1.82) is 0 Å². The maximum atomic E-state index is 11.2. The summed E-state index contributed by atoms with van der Waals surface area (Å²) in [4.78, 5) is 22.1. The first-order valence-corrected chi connectivity index (χ1v) is 4.56. The second kappa shape index (κ2) is 5.50. The fraction of sp³-hybridized carbons (Fsp3) is 0.600. The van der Waals surface area contributed by atoms with Gasteiger partial charge in [0, 0.05) is 0 Å². The highest BCUT2D eigenvalue weighted by atomic mass is 16.6. The molecule has 5 heteroatoms. The van der Waals surface area contributed by atoms with Crippen LogP contribution in [-0.2, 0) is 19.1 Å². The van der Waals surface area contributed by atoms with Crippen LogP contribution in [0.4, 0.5) is 0 Å². The van der Waals surface area contributed by atoms with E-state index in [0.717, 1.165) is 0 Å². The van der Waals surface area contributed by atoms with Crippen LogP contribution in [0.5, 0.6) is 0 Å². The molecule has 0 radical (unpaired) electrons. The molecule has 0 aromatic rings. The molecule has 0 aromatic heterocycles. The van der Waals surface area contributed by atoms with Crippen LogP contribution in [0.1, 0.15) is 27.2 Å². The summed E-state index contributed by atoms with van der Waals surface area (Å²) in [5, 5.41) is 0. The van der Waals surface area contributed by atoms with Crippen molar-refractivity contribution in [2.45, 2.75) is 32.7 Å². The lowest BCUT2D eigenvalue weighted by Gasteiger charge is -2.16. The van der Waals surface area contributed by atoms with E-state index in [4.69, 9.17) is 10.5 Å². The summed E-state index contributed by atoms with van der Waals surface area (Å²) in [6.45, 7) is 7.99. The zero-order chi connectivity index (χ0) is 12.1. The number of carbonyl (C=O) groups excluding carboxylic acids is 2. The van der Waals surface area contributed by atoms with E-state index < -0.39 is 17.5 Å². The molecule has 15 heavy (non-hydrogen) atoms. The van der Waals surface area contributed by atoms with E-state index in [1.807, 2.05) is 0 Å². The Hall–Kier alpha value is -1.36. The van der Waals surface area contributed by atoms with Gasteiger partial charge in [0.1, 0.15) is 12.1 Å². The minimum atomic E-state index is -1.04. The fourth-order valence-corrected chi connectivity index (χ4v) is 0.658. The standard InChI is InChI=1S/C10H17NO4/c1-7(2)15-8(12)5-6-14-9(13)10(3,4)11/h1,5-6,11H2,2-4H3. The number of ether oxygens (including phenoxy) is 2. The monoisotopic (exact) mass is 215 g/mol. The molecule has 0 saturated carbocycles.